The van der Waals surface area contributed by atoms with E-state index in [2.05, 4.69) is 9.47 Å². The summed E-state index contributed by atoms with van der Waals surface area (Å²) in [5.74, 6) is -1.18. The van der Waals surface area contributed by atoms with Gasteiger partial charge in [-0.15, -0.1) is 13.2 Å². The summed E-state index contributed by atoms with van der Waals surface area (Å²) in [7, 11) is 1.15. The normalized spacial score (nSPS) is 12.6. The molecule has 1 atom stereocenters. The summed E-state index contributed by atoms with van der Waals surface area (Å²) in [5.41, 5.74) is 1.32. The Hall–Kier alpha value is -2.54. The maximum absolute atomic E-state index is 12.2. The summed E-state index contributed by atoms with van der Waals surface area (Å²) in [5, 5.41) is 9.99. The molecule has 2 aromatic rings. The van der Waals surface area contributed by atoms with Gasteiger partial charge in [-0.2, -0.15) is 0 Å². The van der Waals surface area contributed by atoms with E-state index in [4.69, 9.17) is 0 Å². The lowest BCUT2D eigenvalue weighted by atomic mass is 9.96. The van der Waals surface area contributed by atoms with Crippen LogP contribution in [0.5, 0.6) is 5.75 Å². The average molecular weight is 326 g/mol. The monoisotopic (exact) mass is 326 g/mol. The van der Waals surface area contributed by atoms with Crippen LogP contribution in [-0.2, 0) is 9.53 Å². The number of aliphatic hydroxyl groups excluding tert-OH is 1. The van der Waals surface area contributed by atoms with E-state index in [0.29, 0.717) is 16.7 Å². The third-order valence-corrected chi connectivity index (χ3v) is 3.08. The van der Waals surface area contributed by atoms with E-state index in [0.717, 1.165) is 19.2 Å². The van der Waals surface area contributed by atoms with Gasteiger partial charge in [0, 0.05) is 0 Å². The first kappa shape index (κ1) is 16.8. The third-order valence-electron chi connectivity index (χ3n) is 3.08. The molecular formula is C16H13F3O4. The molecule has 7 heteroatoms. The predicted octanol–water partition coefficient (Wildman–Crippen LogP) is 3.46. The van der Waals surface area contributed by atoms with Gasteiger partial charge in [-0.1, -0.05) is 36.4 Å². The standard InChI is InChI=1S/C16H13F3O4/c1-22-15(21)14(20)13-5-3-2-4-12(13)10-6-8-11(9-7-10)23-16(17,18)19/h2-9,14,20H,1H3. The van der Waals surface area contributed by atoms with Crippen LogP contribution in [0.2, 0.25) is 0 Å². The van der Waals surface area contributed by atoms with Crippen LogP contribution in [0.3, 0.4) is 0 Å². The lowest BCUT2D eigenvalue weighted by Gasteiger charge is -2.14. The molecule has 0 spiro atoms. The molecule has 23 heavy (non-hydrogen) atoms. The molecule has 0 saturated heterocycles. The molecule has 0 amide bonds. The van der Waals surface area contributed by atoms with Gasteiger partial charge in [0.15, 0.2) is 6.10 Å². The fourth-order valence-corrected chi connectivity index (χ4v) is 2.07. The number of aliphatic hydroxyl groups is 1. The molecule has 0 aliphatic carbocycles. The number of benzene rings is 2. The van der Waals surface area contributed by atoms with Crippen LogP contribution in [-0.4, -0.2) is 24.5 Å². The molecule has 0 aliphatic rings. The second-order valence-corrected chi connectivity index (χ2v) is 4.59. The lowest BCUT2D eigenvalue weighted by molar-refractivity contribution is -0.274. The predicted molar refractivity (Wildman–Crippen MR) is 75.5 cm³/mol. The molecule has 2 aromatic carbocycles. The van der Waals surface area contributed by atoms with Gasteiger partial charge >= 0.3 is 12.3 Å². The highest BCUT2D eigenvalue weighted by Gasteiger charge is 2.31. The van der Waals surface area contributed by atoms with Gasteiger partial charge in [0.1, 0.15) is 5.75 Å². The van der Waals surface area contributed by atoms with Crippen molar-refractivity contribution in [3.8, 4) is 16.9 Å². The maximum atomic E-state index is 12.2. The first-order chi connectivity index (χ1) is 10.8. The number of esters is 1. The Morgan fingerprint density at radius 3 is 2.26 bits per heavy atom. The van der Waals surface area contributed by atoms with Gasteiger partial charge in [-0.25, -0.2) is 4.79 Å². The highest BCUT2D eigenvalue weighted by molar-refractivity contribution is 5.81. The SMILES string of the molecule is COC(=O)C(O)c1ccccc1-c1ccc(OC(F)(F)F)cc1. The van der Waals surface area contributed by atoms with Gasteiger partial charge in [0.2, 0.25) is 0 Å². The van der Waals surface area contributed by atoms with Crippen molar-refractivity contribution in [2.45, 2.75) is 12.5 Å². The summed E-state index contributed by atoms with van der Waals surface area (Å²) >= 11 is 0. The second-order valence-electron chi connectivity index (χ2n) is 4.59. The highest BCUT2D eigenvalue weighted by atomic mass is 19.4. The van der Waals surface area contributed by atoms with Crippen molar-refractivity contribution in [2.24, 2.45) is 0 Å². The number of alkyl halides is 3. The maximum Gasteiger partial charge on any atom is 0.573 e. The summed E-state index contributed by atoms with van der Waals surface area (Å²) in [4.78, 5) is 11.5. The van der Waals surface area contributed by atoms with Crippen molar-refractivity contribution >= 4 is 5.97 Å². The lowest BCUT2D eigenvalue weighted by Crippen LogP contribution is -2.17. The zero-order valence-electron chi connectivity index (χ0n) is 12.0. The van der Waals surface area contributed by atoms with Crippen LogP contribution in [0.4, 0.5) is 13.2 Å². The minimum Gasteiger partial charge on any atom is -0.467 e. The molecule has 2 rings (SSSR count). The quantitative estimate of drug-likeness (QED) is 0.874. The number of carbonyl (C=O) groups is 1. The number of hydrogen-bond acceptors (Lipinski definition) is 4. The van der Waals surface area contributed by atoms with E-state index in [1.165, 1.54) is 18.2 Å². The number of rotatable bonds is 4. The average Bonchev–Trinajstić information content (AvgIpc) is 2.52. The number of hydrogen-bond donors (Lipinski definition) is 1. The third kappa shape index (κ3) is 4.23. The molecule has 0 fully saturated rings. The zero-order valence-corrected chi connectivity index (χ0v) is 12.0. The van der Waals surface area contributed by atoms with Gasteiger partial charge in [-0.05, 0) is 28.8 Å². The van der Waals surface area contributed by atoms with E-state index in [9.17, 15) is 23.1 Å². The fourth-order valence-electron chi connectivity index (χ4n) is 2.07. The largest absolute Gasteiger partial charge is 0.573 e. The highest BCUT2D eigenvalue weighted by Crippen LogP contribution is 2.31. The molecule has 4 nitrogen and oxygen atoms in total. The topological polar surface area (TPSA) is 55.8 Å². The van der Waals surface area contributed by atoms with Crippen molar-refractivity contribution in [1.29, 1.82) is 0 Å². The molecule has 0 radical (unpaired) electrons. The number of carbonyl (C=O) groups excluding carboxylic acids is 1. The molecule has 0 bridgehead atoms. The van der Waals surface area contributed by atoms with Crippen LogP contribution >= 0.6 is 0 Å². The van der Waals surface area contributed by atoms with E-state index >= 15 is 0 Å². The Balaban J connectivity index is 2.34. The van der Waals surface area contributed by atoms with Crippen molar-refractivity contribution in [3.05, 3.63) is 54.1 Å². The summed E-state index contributed by atoms with van der Waals surface area (Å²) in [6, 6.07) is 11.6. The van der Waals surface area contributed by atoms with Crippen LogP contribution in [0.1, 0.15) is 11.7 Å². The fraction of sp³-hybridized carbons (Fsp3) is 0.188. The zero-order chi connectivity index (χ0) is 17.0. The molecule has 0 aliphatic heterocycles. The smallest absolute Gasteiger partial charge is 0.467 e. The van der Waals surface area contributed by atoms with Crippen molar-refractivity contribution in [3.63, 3.8) is 0 Å². The van der Waals surface area contributed by atoms with E-state index in [1.54, 1.807) is 18.2 Å². The van der Waals surface area contributed by atoms with Crippen LogP contribution in [0, 0.1) is 0 Å². The van der Waals surface area contributed by atoms with Crippen LogP contribution in [0.15, 0.2) is 48.5 Å². The van der Waals surface area contributed by atoms with Crippen molar-refractivity contribution < 1.29 is 32.5 Å². The molecule has 0 saturated carbocycles. The minimum absolute atomic E-state index is 0.295. The molecule has 1 unspecified atom stereocenters. The van der Waals surface area contributed by atoms with E-state index in [1.807, 2.05) is 0 Å². The molecular weight excluding hydrogens is 313 g/mol. The first-order valence-electron chi connectivity index (χ1n) is 6.53. The Labute approximate surface area is 130 Å². The minimum atomic E-state index is -4.76. The Bertz CT molecular complexity index is 680. The van der Waals surface area contributed by atoms with E-state index < -0.39 is 18.4 Å². The van der Waals surface area contributed by atoms with Gasteiger partial charge in [-0.3, -0.25) is 0 Å². The number of ether oxygens (including phenoxy) is 2. The van der Waals surface area contributed by atoms with Gasteiger partial charge < -0.3 is 14.6 Å². The van der Waals surface area contributed by atoms with E-state index in [-0.39, 0.29) is 5.75 Å². The Morgan fingerprint density at radius 1 is 1.09 bits per heavy atom. The van der Waals surface area contributed by atoms with Crippen molar-refractivity contribution in [2.75, 3.05) is 7.11 Å². The molecule has 0 heterocycles. The second kappa shape index (κ2) is 6.70. The Kier molecular flexibility index (Phi) is 4.90. The molecule has 0 aromatic heterocycles. The number of halogens is 3. The molecule has 1 N–H and O–H groups in total. The van der Waals surface area contributed by atoms with Gasteiger partial charge in [0.25, 0.3) is 0 Å². The van der Waals surface area contributed by atoms with Crippen molar-refractivity contribution in [1.82, 2.24) is 0 Å². The summed E-state index contributed by atoms with van der Waals surface area (Å²) < 4.78 is 44.8. The summed E-state index contributed by atoms with van der Waals surface area (Å²) in [6.45, 7) is 0. The van der Waals surface area contributed by atoms with Gasteiger partial charge in [0.05, 0.1) is 7.11 Å². The van der Waals surface area contributed by atoms with Crippen LogP contribution in [0.25, 0.3) is 11.1 Å². The summed E-state index contributed by atoms with van der Waals surface area (Å²) in [6.07, 6.45) is -6.25. The molecule has 122 valence electrons. The number of methoxy groups -OCH3 is 1. The van der Waals surface area contributed by atoms with Crippen LogP contribution < -0.4 is 4.74 Å². The first-order valence-corrected chi connectivity index (χ1v) is 6.53. The Morgan fingerprint density at radius 2 is 1.70 bits per heavy atom.